The zero-order valence-electron chi connectivity index (χ0n) is 12.9. The normalized spacial score (nSPS) is 19.1. The Bertz CT molecular complexity index is 730. The van der Waals surface area contributed by atoms with Crippen LogP contribution < -0.4 is 16.0 Å². The monoisotopic (exact) mass is 332 g/mol. The summed E-state index contributed by atoms with van der Waals surface area (Å²) < 4.78 is 18.4. The molecule has 0 amide bonds. The molecule has 9 nitrogen and oxygen atoms in total. The number of anilines is 3. The summed E-state index contributed by atoms with van der Waals surface area (Å²) in [4.78, 5) is 22.9. The lowest BCUT2D eigenvalue weighted by Crippen LogP contribution is -2.37. The van der Waals surface area contributed by atoms with E-state index < -0.39 is 11.4 Å². The van der Waals surface area contributed by atoms with Crippen molar-refractivity contribution in [2.45, 2.75) is 18.4 Å². The molecule has 0 atom stereocenters. The second kappa shape index (κ2) is 5.78. The van der Waals surface area contributed by atoms with E-state index in [0.717, 1.165) is 25.2 Å². The smallest absolute Gasteiger partial charge is 0.232 e. The molecule has 2 aromatic rings. The molecule has 24 heavy (non-hydrogen) atoms. The first kappa shape index (κ1) is 14.9. The summed E-state index contributed by atoms with van der Waals surface area (Å²) in [5, 5.41) is 3.24. The molecule has 0 spiro atoms. The third-order valence-corrected chi connectivity index (χ3v) is 4.08. The molecule has 4 rings (SSSR count). The lowest BCUT2D eigenvalue weighted by molar-refractivity contribution is 0.122. The quantitative estimate of drug-likeness (QED) is 0.816. The van der Waals surface area contributed by atoms with Crippen molar-refractivity contribution in [3.05, 3.63) is 24.0 Å². The minimum atomic E-state index is -0.468. The first-order valence-electron chi connectivity index (χ1n) is 7.75. The van der Waals surface area contributed by atoms with Gasteiger partial charge in [0.25, 0.3) is 0 Å². The van der Waals surface area contributed by atoms with Crippen LogP contribution in [0.15, 0.2) is 12.4 Å². The number of nitrogens with one attached hydrogen (secondary N) is 1. The zero-order chi connectivity index (χ0) is 16.6. The van der Waals surface area contributed by atoms with Crippen molar-refractivity contribution in [2.24, 2.45) is 0 Å². The van der Waals surface area contributed by atoms with Gasteiger partial charge in [-0.2, -0.15) is 15.0 Å². The van der Waals surface area contributed by atoms with Crippen LogP contribution in [-0.2, 0) is 10.3 Å². The maximum absolute atomic E-state index is 13.0. The molecule has 0 aromatic carbocycles. The highest BCUT2D eigenvalue weighted by atomic mass is 19.1. The van der Waals surface area contributed by atoms with E-state index in [2.05, 4.69) is 30.2 Å². The van der Waals surface area contributed by atoms with Crippen molar-refractivity contribution in [3.63, 3.8) is 0 Å². The van der Waals surface area contributed by atoms with E-state index >= 15 is 0 Å². The van der Waals surface area contributed by atoms with Gasteiger partial charge in [0, 0.05) is 13.1 Å². The minimum absolute atomic E-state index is 0.143. The summed E-state index contributed by atoms with van der Waals surface area (Å²) in [5.41, 5.74) is 5.35. The number of hydrogen-bond donors (Lipinski definition) is 2. The van der Waals surface area contributed by atoms with Gasteiger partial charge in [-0.3, -0.25) is 0 Å². The van der Waals surface area contributed by atoms with Gasteiger partial charge in [0.2, 0.25) is 17.8 Å². The van der Waals surface area contributed by atoms with E-state index in [1.807, 2.05) is 4.90 Å². The molecule has 1 saturated carbocycles. The van der Waals surface area contributed by atoms with E-state index in [-0.39, 0.29) is 5.95 Å². The van der Waals surface area contributed by atoms with Crippen LogP contribution in [0.5, 0.6) is 0 Å². The predicted octanol–water partition coefficient (Wildman–Crippen LogP) is 0.321. The fourth-order valence-corrected chi connectivity index (χ4v) is 2.64. The molecule has 10 heteroatoms. The van der Waals surface area contributed by atoms with E-state index in [0.29, 0.717) is 44.0 Å². The summed E-state index contributed by atoms with van der Waals surface area (Å²) in [6.45, 7) is 2.66. The Morgan fingerprint density at radius 1 is 1.12 bits per heavy atom. The number of hydrogen-bond acceptors (Lipinski definition) is 9. The third kappa shape index (κ3) is 2.92. The predicted molar refractivity (Wildman–Crippen MR) is 83.8 cm³/mol. The molecule has 0 bridgehead atoms. The number of aromatic nitrogens is 5. The molecule has 1 saturated heterocycles. The highest BCUT2D eigenvalue weighted by Crippen LogP contribution is 2.46. The van der Waals surface area contributed by atoms with Crippen molar-refractivity contribution in [2.75, 3.05) is 42.3 Å². The van der Waals surface area contributed by atoms with Crippen molar-refractivity contribution in [1.29, 1.82) is 0 Å². The van der Waals surface area contributed by atoms with Crippen LogP contribution in [0.2, 0.25) is 0 Å². The van der Waals surface area contributed by atoms with Gasteiger partial charge in [-0.05, 0) is 12.8 Å². The number of nitrogens with zero attached hydrogens (tertiary/aromatic N) is 6. The van der Waals surface area contributed by atoms with Gasteiger partial charge in [0.15, 0.2) is 11.6 Å². The second-order valence-corrected chi connectivity index (χ2v) is 5.85. The topological polar surface area (TPSA) is 115 Å². The van der Waals surface area contributed by atoms with Gasteiger partial charge in [-0.15, -0.1) is 0 Å². The Hall–Kier alpha value is -2.62. The standard InChI is InChI=1S/C14H17FN8O/c15-9-7-17-10(18-8-9)14(1-2-14)22-12-19-11(16)20-13(21-12)23-3-5-24-6-4-23/h7-8H,1-6H2,(H3,16,19,20,21,22). The van der Waals surface area contributed by atoms with Crippen LogP contribution >= 0.6 is 0 Å². The Labute approximate surface area is 137 Å². The van der Waals surface area contributed by atoms with Crippen molar-refractivity contribution in [3.8, 4) is 0 Å². The molecule has 1 aliphatic heterocycles. The number of rotatable bonds is 4. The van der Waals surface area contributed by atoms with E-state index in [9.17, 15) is 4.39 Å². The maximum Gasteiger partial charge on any atom is 0.232 e. The van der Waals surface area contributed by atoms with Crippen LogP contribution in [-0.4, -0.2) is 51.2 Å². The van der Waals surface area contributed by atoms with Gasteiger partial charge >= 0.3 is 0 Å². The Morgan fingerprint density at radius 2 is 1.83 bits per heavy atom. The van der Waals surface area contributed by atoms with Crippen LogP contribution in [0.25, 0.3) is 0 Å². The molecule has 2 aromatic heterocycles. The molecule has 3 heterocycles. The zero-order valence-corrected chi connectivity index (χ0v) is 12.9. The fraction of sp³-hybridized carbons (Fsp3) is 0.500. The molecule has 0 unspecified atom stereocenters. The van der Waals surface area contributed by atoms with Crippen molar-refractivity contribution < 1.29 is 9.13 Å². The number of nitrogens with two attached hydrogens (primary N) is 1. The number of halogens is 1. The molecule has 2 aliphatic rings. The fourth-order valence-electron chi connectivity index (χ4n) is 2.64. The lowest BCUT2D eigenvalue weighted by Gasteiger charge is -2.27. The average molecular weight is 332 g/mol. The maximum atomic E-state index is 13.0. The molecule has 126 valence electrons. The largest absolute Gasteiger partial charge is 0.378 e. The van der Waals surface area contributed by atoms with Gasteiger partial charge in [-0.25, -0.2) is 14.4 Å². The van der Waals surface area contributed by atoms with Crippen molar-refractivity contribution >= 4 is 17.8 Å². The van der Waals surface area contributed by atoms with Crippen LogP contribution in [0.3, 0.4) is 0 Å². The summed E-state index contributed by atoms with van der Waals surface area (Å²) in [5.74, 6) is 1.09. The highest BCUT2D eigenvalue weighted by Gasteiger charge is 2.48. The van der Waals surface area contributed by atoms with Gasteiger partial charge < -0.3 is 20.7 Å². The summed E-state index contributed by atoms with van der Waals surface area (Å²) in [6, 6.07) is 0. The number of morpholine rings is 1. The van der Waals surface area contributed by atoms with E-state index in [1.165, 1.54) is 0 Å². The molecule has 2 fully saturated rings. The van der Waals surface area contributed by atoms with E-state index in [4.69, 9.17) is 10.5 Å². The molecule has 1 aliphatic carbocycles. The Balaban J connectivity index is 1.58. The molecule has 3 N–H and O–H groups in total. The van der Waals surface area contributed by atoms with Gasteiger partial charge in [0.05, 0.1) is 25.6 Å². The first-order chi connectivity index (χ1) is 11.6. The van der Waals surface area contributed by atoms with Crippen LogP contribution in [0.4, 0.5) is 22.2 Å². The lowest BCUT2D eigenvalue weighted by atomic mass is 10.2. The van der Waals surface area contributed by atoms with Gasteiger partial charge in [0.1, 0.15) is 5.54 Å². The highest BCUT2D eigenvalue weighted by molar-refractivity contribution is 5.45. The number of ether oxygens (including phenoxy) is 1. The van der Waals surface area contributed by atoms with E-state index in [1.54, 1.807) is 0 Å². The average Bonchev–Trinajstić information content (AvgIpc) is 3.36. The van der Waals surface area contributed by atoms with Crippen molar-refractivity contribution in [1.82, 2.24) is 24.9 Å². The summed E-state index contributed by atoms with van der Waals surface area (Å²) in [6.07, 6.45) is 3.95. The minimum Gasteiger partial charge on any atom is -0.378 e. The molecule has 0 radical (unpaired) electrons. The first-order valence-corrected chi connectivity index (χ1v) is 7.75. The second-order valence-electron chi connectivity index (χ2n) is 5.85. The summed E-state index contributed by atoms with van der Waals surface area (Å²) in [7, 11) is 0. The summed E-state index contributed by atoms with van der Waals surface area (Å²) >= 11 is 0. The Kier molecular flexibility index (Phi) is 3.60. The SMILES string of the molecule is Nc1nc(NC2(c3ncc(F)cn3)CC2)nc(N2CCOCC2)n1. The van der Waals surface area contributed by atoms with Crippen LogP contribution in [0.1, 0.15) is 18.7 Å². The third-order valence-electron chi connectivity index (χ3n) is 4.08. The van der Waals surface area contributed by atoms with Gasteiger partial charge in [-0.1, -0.05) is 0 Å². The molecular formula is C14H17FN8O. The number of nitrogen functional groups attached to an aromatic ring is 1. The Morgan fingerprint density at radius 3 is 2.50 bits per heavy atom. The van der Waals surface area contributed by atoms with Crippen LogP contribution in [0, 0.1) is 5.82 Å². The molecular weight excluding hydrogens is 315 g/mol.